The number of aryl methyl sites for hydroxylation is 1. The Balaban J connectivity index is 1.95. The molecule has 0 aliphatic carbocycles. The third-order valence-electron chi connectivity index (χ3n) is 3.52. The van der Waals surface area contributed by atoms with Gasteiger partial charge in [-0.15, -0.1) is 0 Å². The first-order valence-corrected chi connectivity index (χ1v) is 7.11. The van der Waals surface area contributed by atoms with Crippen LogP contribution in [0.3, 0.4) is 0 Å². The van der Waals surface area contributed by atoms with Crippen molar-refractivity contribution in [1.29, 1.82) is 0 Å². The number of benzene rings is 2. The zero-order valence-corrected chi connectivity index (χ0v) is 12.7. The van der Waals surface area contributed by atoms with Crippen molar-refractivity contribution in [3.8, 4) is 5.75 Å². The molecule has 21 heavy (non-hydrogen) atoms. The molecule has 0 heterocycles. The maximum Gasteiger partial charge on any atom is 0.415 e. The molecule has 3 heteroatoms. The van der Waals surface area contributed by atoms with Crippen LogP contribution in [0, 0.1) is 6.92 Å². The third kappa shape index (κ3) is 4.35. The summed E-state index contributed by atoms with van der Waals surface area (Å²) < 4.78 is 5.40. The van der Waals surface area contributed by atoms with Gasteiger partial charge in [-0.1, -0.05) is 42.5 Å². The number of nitrogens with zero attached hydrogens (tertiary/aromatic N) is 1. The number of ether oxygens (including phenoxy) is 1. The lowest BCUT2D eigenvalue weighted by atomic mass is 10.1. The Kier molecular flexibility index (Phi) is 4.99. The topological polar surface area (TPSA) is 29.5 Å². The van der Waals surface area contributed by atoms with Crippen LogP contribution in [-0.4, -0.2) is 24.1 Å². The summed E-state index contributed by atoms with van der Waals surface area (Å²) in [5.41, 5.74) is 2.28. The molecule has 0 spiro atoms. The summed E-state index contributed by atoms with van der Waals surface area (Å²) in [7, 11) is 1.77. The van der Waals surface area contributed by atoms with Crippen LogP contribution in [0.15, 0.2) is 54.6 Å². The SMILES string of the molecule is Cc1cccc(OC(=O)N(C)C(C)Cc2ccccc2)c1. The maximum absolute atomic E-state index is 12.2. The van der Waals surface area contributed by atoms with Crippen LogP contribution < -0.4 is 4.74 Å². The number of hydrogen-bond acceptors (Lipinski definition) is 2. The van der Waals surface area contributed by atoms with Gasteiger partial charge in [-0.25, -0.2) is 4.79 Å². The summed E-state index contributed by atoms with van der Waals surface area (Å²) in [6, 6.07) is 17.7. The molecule has 1 unspecified atom stereocenters. The Bertz CT molecular complexity index is 595. The standard InChI is InChI=1S/C18H21NO2/c1-14-8-7-11-17(12-14)21-18(20)19(3)15(2)13-16-9-5-4-6-10-16/h4-12,15H,13H2,1-3H3. The summed E-state index contributed by atoms with van der Waals surface area (Å²) >= 11 is 0. The minimum Gasteiger partial charge on any atom is -0.410 e. The van der Waals surface area contributed by atoms with Gasteiger partial charge in [-0.05, 0) is 43.5 Å². The molecule has 110 valence electrons. The van der Waals surface area contributed by atoms with E-state index in [2.05, 4.69) is 12.1 Å². The first-order chi connectivity index (χ1) is 10.1. The normalized spacial score (nSPS) is 11.8. The minimum absolute atomic E-state index is 0.0738. The summed E-state index contributed by atoms with van der Waals surface area (Å²) in [5, 5.41) is 0. The van der Waals surface area contributed by atoms with Gasteiger partial charge in [0.1, 0.15) is 5.75 Å². The fourth-order valence-corrected chi connectivity index (χ4v) is 2.12. The predicted octanol–water partition coefficient (Wildman–Crippen LogP) is 4.06. The molecule has 1 amide bonds. The van der Waals surface area contributed by atoms with Crippen LogP contribution in [0.25, 0.3) is 0 Å². The average molecular weight is 283 g/mol. The highest BCUT2D eigenvalue weighted by Gasteiger charge is 2.18. The lowest BCUT2D eigenvalue weighted by molar-refractivity contribution is 0.148. The Hall–Kier alpha value is -2.29. The first kappa shape index (κ1) is 15.1. The molecule has 2 aromatic rings. The van der Waals surface area contributed by atoms with E-state index >= 15 is 0 Å². The van der Waals surface area contributed by atoms with E-state index in [0.29, 0.717) is 5.75 Å². The van der Waals surface area contributed by atoms with E-state index in [1.165, 1.54) is 5.56 Å². The zero-order valence-electron chi connectivity index (χ0n) is 12.7. The number of carbonyl (C=O) groups is 1. The Morgan fingerprint density at radius 1 is 1.14 bits per heavy atom. The van der Waals surface area contributed by atoms with E-state index in [1.807, 2.05) is 50.2 Å². The summed E-state index contributed by atoms with van der Waals surface area (Å²) in [6.45, 7) is 3.99. The second-order valence-electron chi connectivity index (χ2n) is 5.33. The summed E-state index contributed by atoms with van der Waals surface area (Å²) in [5.74, 6) is 0.582. The average Bonchev–Trinajstić information content (AvgIpc) is 2.47. The van der Waals surface area contributed by atoms with Gasteiger partial charge in [0.05, 0.1) is 0 Å². The second kappa shape index (κ2) is 6.93. The molecule has 2 aromatic carbocycles. The summed E-state index contributed by atoms with van der Waals surface area (Å²) in [6.07, 6.45) is 0.476. The van der Waals surface area contributed by atoms with Crippen molar-refractivity contribution in [2.24, 2.45) is 0 Å². The number of rotatable bonds is 4. The fourth-order valence-electron chi connectivity index (χ4n) is 2.12. The number of amides is 1. The molecule has 0 aliphatic rings. The Morgan fingerprint density at radius 2 is 1.86 bits per heavy atom. The Morgan fingerprint density at radius 3 is 2.52 bits per heavy atom. The highest BCUT2D eigenvalue weighted by atomic mass is 16.6. The van der Waals surface area contributed by atoms with Crippen LogP contribution in [0.4, 0.5) is 4.79 Å². The predicted molar refractivity (Wildman–Crippen MR) is 84.6 cm³/mol. The molecule has 0 fully saturated rings. The smallest absolute Gasteiger partial charge is 0.410 e. The number of carbonyl (C=O) groups excluding carboxylic acids is 1. The van der Waals surface area contributed by atoms with Crippen molar-refractivity contribution in [3.63, 3.8) is 0 Å². The lowest BCUT2D eigenvalue weighted by Crippen LogP contribution is -2.38. The van der Waals surface area contributed by atoms with Crippen molar-refractivity contribution in [2.75, 3.05) is 7.05 Å². The van der Waals surface area contributed by atoms with Gasteiger partial charge in [0.25, 0.3) is 0 Å². The summed E-state index contributed by atoms with van der Waals surface area (Å²) in [4.78, 5) is 13.8. The van der Waals surface area contributed by atoms with Crippen molar-refractivity contribution < 1.29 is 9.53 Å². The van der Waals surface area contributed by atoms with Gasteiger partial charge >= 0.3 is 6.09 Å². The van der Waals surface area contributed by atoms with Gasteiger partial charge in [0.15, 0.2) is 0 Å². The fraction of sp³-hybridized carbons (Fsp3) is 0.278. The molecule has 0 saturated carbocycles. The van der Waals surface area contributed by atoms with Crippen molar-refractivity contribution in [2.45, 2.75) is 26.3 Å². The van der Waals surface area contributed by atoms with E-state index in [4.69, 9.17) is 4.74 Å². The van der Waals surface area contributed by atoms with Crippen LogP contribution in [-0.2, 0) is 6.42 Å². The van der Waals surface area contributed by atoms with Gasteiger partial charge < -0.3 is 9.64 Å². The molecular formula is C18H21NO2. The van der Waals surface area contributed by atoms with E-state index in [9.17, 15) is 4.79 Å². The number of hydrogen-bond donors (Lipinski definition) is 0. The molecule has 3 nitrogen and oxygen atoms in total. The molecule has 1 atom stereocenters. The van der Waals surface area contributed by atoms with Gasteiger partial charge in [0, 0.05) is 13.1 Å². The van der Waals surface area contributed by atoms with E-state index in [1.54, 1.807) is 18.0 Å². The van der Waals surface area contributed by atoms with Crippen LogP contribution in [0.5, 0.6) is 5.75 Å². The van der Waals surface area contributed by atoms with Gasteiger partial charge in [0.2, 0.25) is 0 Å². The van der Waals surface area contributed by atoms with Crippen molar-refractivity contribution in [3.05, 3.63) is 65.7 Å². The monoisotopic (exact) mass is 283 g/mol. The largest absolute Gasteiger partial charge is 0.415 e. The molecule has 0 aromatic heterocycles. The highest BCUT2D eigenvalue weighted by molar-refractivity contribution is 5.70. The Labute approximate surface area is 126 Å². The van der Waals surface area contributed by atoms with Crippen LogP contribution in [0.2, 0.25) is 0 Å². The quantitative estimate of drug-likeness (QED) is 0.847. The van der Waals surface area contributed by atoms with Crippen molar-refractivity contribution >= 4 is 6.09 Å². The van der Waals surface area contributed by atoms with Crippen molar-refractivity contribution in [1.82, 2.24) is 4.90 Å². The van der Waals surface area contributed by atoms with Crippen LogP contribution >= 0.6 is 0 Å². The maximum atomic E-state index is 12.2. The molecule has 0 N–H and O–H groups in total. The molecule has 0 saturated heterocycles. The van der Waals surface area contributed by atoms with Gasteiger partial charge in [-0.2, -0.15) is 0 Å². The third-order valence-corrected chi connectivity index (χ3v) is 3.52. The van der Waals surface area contributed by atoms with Gasteiger partial charge in [-0.3, -0.25) is 0 Å². The molecule has 0 radical (unpaired) electrons. The molecule has 0 bridgehead atoms. The highest BCUT2D eigenvalue weighted by Crippen LogP contribution is 2.15. The first-order valence-electron chi connectivity index (χ1n) is 7.11. The second-order valence-corrected chi connectivity index (χ2v) is 5.33. The van der Waals surface area contributed by atoms with E-state index < -0.39 is 0 Å². The minimum atomic E-state index is -0.330. The molecule has 0 aliphatic heterocycles. The van der Waals surface area contributed by atoms with Crippen LogP contribution in [0.1, 0.15) is 18.1 Å². The van der Waals surface area contributed by atoms with E-state index in [0.717, 1.165) is 12.0 Å². The number of likely N-dealkylation sites (N-methyl/N-ethyl adjacent to an activating group) is 1. The molecule has 2 rings (SSSR count). The molecular weight excluding hydrogens is 262 g/mol. The lowest BCUT2D eigenvalue weighted by Gasteiger charge is -2.24. The van der Waals surface area contributed by atoms with E-state index in [-0.39, 0.29) is 12.1 Å². The zero-order chi connectivity index (χ0) is 15.2.